The number of nitrogens with one attached hydrogen (secondary N) is 1. The zero-order valence-corrected chi connectivity index (χ0v) is 14.7. The Labute approximate surface area is 140 Å². The van der Waals surface area contributed by atoms with Crippen LogP contribution in [0.25, 0.3) is 0 Å². The number of aryl methyl sites for hydroxylation is 1. The Morgan fingerprint density at radius 2 is 1.86 bits per heavy atom. The van der Waals surface area contributed by atoms with Gasteiger partial charge in [-0.15, -0.1) is 0 Å². The predicted molar refractivity (Wildman–Crippen MR) is 97.6 cm³/mol. The summed E-state index contributed by atoms with van der Waals surface area (Å²) in [6.45, 7) is 2.93. The summed E-state index contributed by atoms with van der Waals surface area (Å²) in [5, 5.41) is 4.02. The molecule has 0 heterocycles. The molecule has 110 valence electrons. The van der Waals surface area contributed by atoms with Crippen LogP contribution in [0.1, 0.15) is 18.1 Å². The average Bonchev–Trinajstić information content (AvgIpc) is 2.49. The van der Waals surface area contributed by atoms with Crippen LogP contribution in [0.2, 0.25) is 0 Å². The Morgan fingerprint density at radius 1 is 1.14 bits per heavy atom. The first-order valence-electron chi connectivity index (χ1n) is 6.94. The molecule has 0 unspecified atom stereocenters. The maximum absolute atomic E-state index is 5.47. The summed E-state index contributed by atoms with van der Waals surface area (Å²) < 4.78 is 1.09. The highest BCUT2D eigenvalue weighted by molar-refractivity contribution is 9.10. The van der Waals surface area contributed by atoms with Gasteiger partial charge in [0.1, 0.15) is 0 Å². The van der Waals surface area contributed by atoms with E-state index in [1.807, 2.05) is 30.1 Å². The summed E-state index contributed by atoms with van der Waals surface area (Å²) in [6.07, 6.45) is 1.02. The monoisotopic (exact) mass is 362 g/mol. The van der Waals surface area contributed by atoms with Gasteiger partial charge < -0.3 is 10.2 Å². The standard InChI is InChI=1S/C17H19BrN2S/c1-3-13-5-4-6-16(11-13)19-17(21)20(2)12-14-7-9-15(18)10-8-14/h4-11H,3,12H2,1-2H3,(H,19,21). The van der Waals surface area contributed by atoms with Gasteiger partial charge in [0.15, 0.2) is 5.11 Å². The van der Waals surface area contributed by atoms with Crippen LogP contribution in [0.3, 0.4) is 0 Å². The first kappa shape index (κ1) is 16.0. The minimum absolute atomic E-state index is 0.728. The molecule has 21 heavy (non-hydrogen) atoms. The number of nitrogens with zero attached hydrogens (tertiary/aromatic N) is 1. The molecule has 2 rings (SSSR count). The van der Waals surface area contributed by atoms with Gasteiger partial charge in [-0.2, -0.15) is 0 Å². The van der Waals surface area contributed by atoms with Gasteiger partial charge in [-0.3, -0.25) is 0 Å². The van der Waals surface area contributed by atoms with Crippen LogP contribution in [0.15, 0.2) is 53.0 Å². The van der Waals surface area contributed by atoms with E-state index in [0.29, 0.717) is 0 Å². The number of hydrogen-bond donors (Lipinski definition) is 1. The fraction of sp³-hybridized carbons (Fsp3) is 0.235. The quantitative estimate of drug-likeness (QED) is 0.783. The van der Waals surface area contributed by atoms with Crippen molar-refractivity contribution in [3.63, 3.8) is 0 Å². The molecule has 0 spiro atoms. The molecular formula is C17H19BrN2S. The number of anilines is 1. The van der Waals surface area contributed by atoms with Gasteiger partial charge in [0.05, 0.1) is 0 Å². The maximum atomic E-state index is 5.47. The second kappa shape index (κ2) is 7.57. The van der Waals surface area contributed by atoms with Gasteiger partial charge in [0.2, 0.25) is 0 Å². The second-order valence-electron chi connectivity index (χ2n) is 4.97. The van der Waals surface area contributed by atoms with E-state index >= 15 is 0 Å². The lowest BCUT2D eigenvalue weighted by molar-refractivity contribution is 0.508. The van der Waals surface area contributed by atoms with Gasteiger partial charge in [0.25, 0.3) is 0 Å². The van der Waals surface area contributed by atoms with Crippen LogP contribution in [-0.2, 0) is 13.0 Å². The Morgan fingerprint density at radius 3 is 2.52 bits per heavy atom. The van der Waals surface area contributed by atoms with Crippen molar-refractivity contribution < 1.29 is 0 Å². The molecule has 0 aliphatic carbocycles. The van der Waals surface area contributed by atoms with E-state index in [-0.39, 0.29) is 0 Å². The lowest BCUT2D eigenvalue weighted by atomic mass is 10.1. The highest BCUT2D eigenvalue weighted by Crippen LogP contribution is 2.14. The lowest BCUT2D eigenvalue weighted by Gasteiger charge is -2.21. The summed E-state index contributed by atoms with van der Waals surface area (Å²) in [6, 6.07) is 16.6. The van der Waals surface area contributed by atoms with Gasteiger partial charge in [0, 0.05) is 23.8 Å². The van der Waals surface area contributed by atoms with Gasteiger partial charge in [-0.25, -0.2) is 0 Å². The van der Waals surface area contributed by atoms with Crippen LogP contribution < -0.4 is 5.32 Å². The number of hydrogen-bond acceptors (Lipinski definition) is 1. The zero-order chi connectivity index (χ0) is 15.2. The molecule has 4 heteroatoms. The molecule has 2 nitrogen and oxygen atoms in total. The molecule has 0 aliphatic heterocycles. The number of benzene rings is 2. The predicted octanol–water partition coefficient (Wildman–Crippen LogP) is 4.84. The largest absolute Gasteiger partial charge is 0.348 e. The Bertz CT molecular complexity index is 610. The molecule has 0 amide bonds. The molecule has 0 radical (unpaired) electrons. The SMILES string of the molecule is CCc1cccc(NC(=S)N(C)Cc2ccc(Br)cc2)c1. The Balaban J connectivity index is 1.97. The number of thiocarbonyl (C=S) groups is 1. The topological polar surface area (TPSA) is 15.3 Å². The molecule has 0 aromatic heterocycles. The molecule has 0 aliphatic rings. The highest BCUT2D eigenvalue weighted by atomic mass is 79.9. The van der Waals surface area contributed by atoms with Crippen molar-refractivity contribution in [1.82, 2.24) is 4.90 Å². The first-order chi connectivity index (χ1) is 10.1. The summed E-state index contributed by atoms with van der Waals surface area (Å²) in [5.74, 6) is 0. The van der Waals surface area contributed by atoms with Gasteiger partial charge >= 0.3 is 0 Å². The summed E-state index contributed by atoms with van der Waals surface area (Å²) in [5.41, 5.74) is 3.58. The van der Waals surface area contributed by atoms with Crippen molar-refractivity contribution in [2.24, 2.45) is 0 Å². The van der Waals surface area contributed by atoms with Crippen LogP contribution in [-0.4, -0.2) is 17.1 Å². The van der Waals surface area contributed by atoms with E-state index in [1.165, 1.54) is 11.1 Å². The highest BCUT2D eigenvalue weighted by Gasteiger charge is 2.06. The Kier molecular flexibility index (Phi) is 5.76. The van der Waals surface area contributed by atoms with Crippen molar-refractivity contribution in [3.8, 4) is 0 Å². The van der Waals surface area contributed by atoms with E-state index in [9.17, 15) is 0 Å². The van der Waals surface area contributed by atoms with Crippen molar-refractivity contribution >= 4 is 38.9 Å². The average molecular weight is 363 g/mol. The molecule has 0 atom stereocenters. The molecule has 2 aromatic rings. The third-order valence-corrected chi connectivity index (χ3v) is 4.21. The minimum Gasteiger partial charge on any atom is -0.348 e. The fourth-order valence-electron chi connectivity index (χ4n) is 2.02. The van der Waals surface area contributed by atoms with Gasteiger partial charge in [-0.1, -0.05) is 47.1 Å². The van der Waals surface area contributed by atoms with Crippen molar-refractivity contribution in [2.75, 3.05) is 12.4 Å². The molecule has 0 saturated heterocycles. The normalized spacial score (nSPS) is 10.2. The fourth-order valence-corrected chi connectivity index (χ4v) is 2.47. The smallest absolute Gasteiger partial charge is 0.173 e. The van der Waals surface area contributed by atoms with Crippen LogP contribution >= 0.6 is 28.1 Å². The third-order valence-electron chi connectivity index (χ3n) is 3.27. The lowest BCUT2D eigenvalue weighted by Crippen LogP contribution is -2.30. The summed E-state index contributed by atoms with van der Waals surface area (Å²) in [4.78, 5) is 2.04. The number of rotatable bonds is 4. The molecular weight excluding hydrogens is 344 g/mol. The molecule has 2 aromatic carbocycles. The van der Waals surface area contributed by atoms with Crippen molar-refractivity contribution in [3.05, 3.63) is 64.1 Å². The second-order valence-corrected chi connectivity index (χ2v) is 6.27. The maximum Gasteiger partial charge on any atom is 0.173 e. The van der Waals surface area contributed by atoms with E-state index < -0.39 is 0 Å². The van der Waals surface area contributed by atoms with Crippen LogP contribution in [0.4, 0.5) is 5.69 Å². The number of halogens is 1. The summed E-state index contributed by atoms with van der Waals surface area (Å²) >= 11 is 8.92. The van der Waals surface area contributed by atoms with Crippen LogP contribution in [0.5, 0.6) is 0 Å². The summed E-state index contributed by atoms with van der Waals surface area (Å²) in [7, 11) is 2.00. The van der Waals surface area contributed by atoms with E-state index in [0.717, 1.165) is 28.2 Å². The first-order valence-corrected chi connectivity index (χ1v) is 8.14. The minimum atomic E-state index is 0.728. The molecule has 0 fully saturated rings. The van der Waals surface area contributed by atoms with Crippen molar-refractivity contribution in [2.45, 2.75) is 19.9 Å². The van der Waals surface area contributed by atoms with Crippen LogP contribution in [0, 0.1) is 0 Å². The Hall–Kier alpha value is -1.39. The van der Waals surface area contributed by atoms with E-state index in [4.69, 9.17) is 12.2 Å². The van der Waals surface area contributed by atoms with Crippen molar-refractivity contribution in [1.29, 1.82) is 0 Å². The van der Waals surface area contributed by atoms with E-state index in [2.05, 4.69) is 58.5 Å². The van der Waals surface area contributed by atoms with E-state index in [1.54, 1.807) is 0 Å². The molecule has 1 N–H and O–H groups in total. The molecule has 0 bridgehead atoms. The zero-order valence-electron chi connectivity index (χ0n) is 12.3. The molecule has 0 saturated carbocycles. The van der Waals surface area contributed by atoms with Gasteiger partial charge in [-0.05, 0) is 54.0 Å². The third kappa shape index (κ3) is 4.83.